The Morgan fingerprint density at radius 1 is 1.06 bits per heavy atom. The fraction of sp³-hybridized carbons (Fsp3) is 0.591. The number of halogens is 3. The van der Waals surface area contributed by atoms with Crippen LogP contribution in [0.2, 0.25) is 0 Å². The fourth-order valence-electron chi connectivity index (χ4n) is 5.06. The van der Waals surface area contributed by atoms with Gasteiger partial charge in [0.25, 0.3) is 0 Å². The first-order valence-corrected chi connectivity index (χ1v) is 11.1. The number of urea groups is 1. The summed E-state index contributed by atoms with van der Waals surface area (Å²) < 4.78 is 45.6. The van der Waals surface area contributed by atoms with Crippen molar-refractivity contribution in [3.05, 3.63) is 42.0 Å². The van der Waals surface area contributed by atoms with Crippen molar-refractivity contribution in [1.29, 1.82) is 0 Å². The molecule has 1 aromatic carbocycles. The highest BCUT2D eigenvalue weighted by Gasteiger charge is 2.55. The average molecular weight is 447 g/mol. The van der Waals surface area contributed by atoms with Crippen LogP contribution in [0.25, 0.3) is 0 Å². The monoisotopic (exact) mass is 447 g/mol. The lowest BCUT2D eigenvalue weighted by Crippen LogP contribution is -2.69. The number of nitrogens with zero attached hydrogens (tertiary/aromatic N) is 5. The van der Waals surface area contributed by atoms with Crippen LogP contribution in [0, 0.1) is 5.41 Å². The van der Waals surface area contributed by atoms with E-state index in [2.05, 4.69) is 10.1 Å². The highest BCUT2D eigenvalue weighted by Crippen LogP contribution is 2.54. The van der Waals surface area contributed by atoms with Crippen LogP contribution in [0.1, 0.15) is 49.0 Å². The average Bonchev–Trinajstić information content (AvgIpc) is 3.40. The normalized spacial score (nSPS) is 23.0. The van der Waals surface area contributed by atoms with Crippen LogP contribution in [0.3, 0.4) is 0 Å². The molecular formula is C22H24F3N5O2. The maximum Gasteiger partial charge on any atom is 0.416 e. The molecule has 2 saturated heterocycles. The van der Waals surface area contributed by atoms with Gasteiger partial charge in [0.1, 0.15) is 18.2 Å². The quantitative estimate of drug-likeness (QED) is 0.717. The van der Waals surface area contributed by atoms with Gasteiger partial charge in [-0.25, -0.2) is 14.5 Å². The molecule has 2 aliphatic carbocycles. The molecule has 1 spiro atoms. The number of benzene rings is 1. The number of likely N-dealkylation sites (tertiary alicyclic amines) is 2. The van der Waals surface area contributed by atoms with E-state index in [0.29, 0.717) is 30.8 Å². The molecule has 6 rings (SSSR count). The topological polar surface area (TPSA) is 63.5 Å². The summed E-state index contributed by atoms with van der Waals surface area (Å²) in [6, 6.07) is 5.06. The first-order chi connectivity index (χ1) is 15.3. The molecule has 1 aromatic heterocycles. The lowest BCUT2D eigenvalue weighted by molar-refractivity contribution is -0.137. The predicted molar refractivity (Wildman–Crippen MR) is 107 cm³/mol. The van der Waals surface area contributed by atoms with Crippen LogP contribution in [-0.2, 0) is 6.18 Å². The highest BCUT2D eigenvalue weighted by molar-refractivity contribution is 5.76. The summed E-state index contributed by atoms with van der Waals surface area (Å²) in [7, 11) is 0. The molecule has 0 unspecified atom stereocenters. The Bertz CT molecular complexity index is 1010. The minimum absolute atomic E-state index is 0.0168. The van der Waals surface area contributed by atoms with Gasteiger partial charge in [0.05, 0.1) is 24.7 Å². The molecule has 32 heavy (non-hydrogen) atoms. The van der Waals surface area contributed by atoms with Crippen LogP contribution in [0.5, 0.6) is 5.75 Å². The second-order valence-electron chi connectivity index (χ2n) is 9.72. The van der Waals surface area contributed by atoms with E-state index in [0.717, 1.165) is 43.9 Å². The smallest absolute Gasteiger partial charge is 0.416 e. The maximum absolute atomic E-state index is 12.7. The van der Waals surface area contributed by atoms with Gasteiger partial charge in [0, 0.05) is 24.4 Å². The van der Waals surface area contributed by atoms with Crippen molar-refractivity contribution in [3.8, 4) is 5.75 Å². The van der Waals surface area contributed by atoms with E-state index in [1.54, 1.807) is 4.90 Å². The molecule has 10 heteroatoms. The molecule has 0 atom stereocenters. The number of hydrogen-bond acceptors (Lipinski definition) is 4. The summed E-state index contributed by atoms with van der Waals surface area (Å²) in [5.41, 5.74) is -0.486. The third kappa shape index (κ3) is 3.49. The first kappa shape index (κ1) is 19.9. The van der Waals surface area contributed by atoms with E-state index in [4.69, 9.17) is 4.74 Å². The number of amides is 2. The summed E-state index contributed by atoms with van der Waals surface area (Å²) in [5.74, 6) is 1.92. The summed E-state index contributed by atoms with van der Waals surface area (Å²) in [6.07, 6.45) is 1.76. The van der Waals surface area contributed by atoms with E-state index in [-0.39, 0.29) is 17.6 Å². The summed E-state index contributed by atoms with van der Waals surface area (Å²) in [6.45, 7) is 2.45. The van der Waals surface area contributed by atoms with Crippen LogP contribution < -0.4 is 4.74 Å². The van der Waals surface area contributed by atoms with Gasteiger partial charge in [-0.1, -0.05) is 0 Å². The highest BCUT2D eigenvalue weighted by atomic mass is 19.4. The number of alkyl halides is 3. The molecule has 0 bridgehead atoms. The minimum atomic E-state index is -4.36. The predicted octanol–water partition coefficient (Wildman–Crippen LogP) is 3.69. The van der Waals surface area contributed by atoms with E-state index in [1.807, 2.05) is 15.9 Å². The molecule has 0 N–H and O–H groups in total. The summed E-state index contributed by atoms with van der Waals surface area (Å²) in [4.78, 5) is 20.7. The number of carbonyl (C=O) groups is 1. The molecule has 0 radical (unpaired) electrons. The standard InChI is InChI=1S/C22H24F3N5O2/c23-22(24,25)15-3-5-17(6-4-15)32-18-9-28(10-18)20(31)29-11-21(12-29)7-16(8-21)30-13-26-19(27-30)14-1-2-14/h3-6,13-14,16,18H,1-2,7-12H2. The van der Waals surface area contributed by atoms with Gasteiger partial charge in [-0.05, 0) is 49.9 Å². The Balaban J connectivity index is 0.939. The van der Waals surface area contributed by atoms with Crippen LogP contribution in [-0.4, -0.2) is 62.9 Å². The molecule has 7 nitrogen and oxygen atoms in total. The molecule has 3 heterocycles. The van der Waals surface area contributed by atoms with Gasteiger partial charge in [0.15, 0.2) is 5.82 Å². The first-order valence-electron chi connectivity index (χ1n) is 11.1. The molecule has 2 saturated carbocycles. The molecule has 2 aliphatic heterocycles. The Labute approximate surface area is 183 Å². The van der Waals surface area contributed by atoms with Crippen LogP contribution >= 0.6 is 0 Å². The largest absolute Gasteiger partial charge is 0.487 e. The fourth-order valence-corrected chi connectivity index (χ4v) is 5.06. The van der Waals surface area contributed by atoms with Crippen molar-refractivity contribution in [2.45, 2.75) is 49.9 Å². The van der Waals surface area contributed by atoms with Gasteiger partial charge in [0.2, 0.25) is 0 Å². The summed E-state index contributed by atoms with van der Waals surface area (Å²) >= 11 is 0. The van der Waals surface area contributed by atoms with E-state index >= 15 is 0 Å². The zero-order valence-electron chi connectivity index (χ0n) is 17.5. The molecule has 4 fully saturated rings. The van der Waals surface area contributed by atoms with Crippen molar-refractivity contribution in [2.24, 2.45) is 5.41 Å². The SMILES string of the molecule is O=C(N1CC(Oc2ccc(C(F)(F)F)cc2)C1)N1CC2(CC(n3cnc(C4CC4)n3)C2)C1. The Morgan fingerprint density at radius 3 is 2.38 bits per heavy atom. The zero-order valence-corrected chi connectivity index (χ0v) is 17.5. The van der Waals surface area contributed by atoms with Crippen LogP contribution in [0.4, 0.5) is 18.0 Å². The lowest BCUT2D eigenvalue weighted by Gasteiger charge is -2.59. The molecule has 2 aromatic rings. The van der Waals surface area contributed by atoms with Crippen molar-refractivity contribution < 1.29 is 22.7 Å². The van der Waals surface area contributed by atoms with Gasteiger partial charge < -0.3 is 14.5 Å². The van der Waals surface area contributed by atoms with Gasteiger partial charge in [-0.2, -0.15) is 18.3 Å². The minimum Gasteiger partial charge on any atom is -0.487 e. The van der Waals surface area contributed by atoms with E-state index < -0.39 is 11.7 Å². The van der Waals surface area contributed by atoms with E-state index in [9.17, 15) is 18.0 Å². The van der Waals surface area contributed by atoms with Crippen molar-refractivity contribution in [1.82, 2.24) is 24.6 Å². The van der Waals surface area contributed by atoms with Crippen LogP contribution in [0.15, 0.2) is 30.6 Å². The number of aromatic nitrogens is 3. The number of ether oxygens (including phenoxy) is 1. The molecule has 4 aliphatic rings. The number of hydrogen-bond donors (Lipinski definition) is 0. The van der Waals surface area contributed by atoms with Gasteiger partial charge in [-0.15, -0.1) is 0 Å². The second-order valence-corrected chi connectivity index (χ2v) is 9.72. The third-order valence-electron chi connectivity index (χ3n) is 7.11. The Hall–Kier alpha value is -2.78. The Kier molecular flexibility index (Phi) is 4.26. The van der Waals surface area contributed by atoms with Crippen molar-refractivity contribution in [2.75, 3.05) is 26.2 Å². The zero-order chi connectivity index (χ0) is 22.1. The van der Waals surface area contributed by atoms with Gasteiger partial charge >= 0.3 is 12.2 Å². The molecule has 2 amide bonds. The number of carbonyl (C=O) groups excluding carboxylic acids is 1. The summed E-state index contributed by atoms with van der Waals surface area (Å²) in [5, 5.41) is 4.63. The Morgan fingerprint density at radius 2 is 1.75 bits per heavy atom. The molecule has 170 valence electrons. The van der Waals surface area contributed by atoms with Gasteiger partial charge in [-0.3, -0.25) is 0 Å². The lowest BCUT2D eigenvalue weighted by atomic mass is 9.61. The maximum atomic E-state index is 12.7. The third-order valence-corrected chi connectivity index (χ3v) is 7.11. The van der Waals surface area contributed by atoms with E-state index in [1.165, 1.54) is 25.0 Å². The van der Waals surface area contributed by atoms with Crippen molar-refractivity contribution in [3.63, 3.8) is 0 Å². The molecular weight excluding hydrogens is 423 g/mol. The second kappa shape index (κ2) is 6.86. The number of rotatable bonds is 4. The van der Waals surface area contributed by atoms with Crippen molar-refractivity contribution >= 4 is 6.03 Å².